The molecule has 1 rings (SSSR count). The zero-order valence-electron chi connectivity index (χ0n) is 12.4. The molecule has 0 aliphatic rings. The molecule has 0 heterocycles. The van der Waals surface area contributed by atoms with Crippen LogP contribution in [0.2, 0.25) is 0 Å². The number of carbonyl (C=O) groups is 1. The summed E-state index contributed by atoms with van der Waals surface area (Å²) >= 11 is 0. The van der Waals surface area contributed by atoms with Crippen LogP contribution in [0.15, 0.2) is 24.3 Å². The van der Waals surface area contributed by atoms with Crippen LogP contribution >= 0.6 is 12.4 Å². The molecule has 114 valence electrons. The van der Waals surface area contributed by atoms with Gasteiger partial charge < -0.3 is 15.8 Å². The first kappa shape index (κ1) is 18.7. The molecule has 0 aliphatic carbocycles. The van der Waals surface area contributed by atoms with E-state index >= 15 is 0 Å². The van der Waals surface area contributed by atoms with E-state index < -0.39 is 0 Å². The minimum Gasteiger partial charge on any atom is -0.494 e. The Balaban J connectivity index is 0.00000361. The Hall–Kier alpha value is -1.26. The van der Waals surface area contributed by atoms with E-state index in [2.05, 4.69) is 5.32 Å². The Morgan fingerprint density at radius 1 is 1.30 bits per heavy atom. The van der Waals surface area contributed by atoms with Gasteiger partial charge in [0.1, 0.15) is 5.75 Å². The number of ether oxygens (including phenoxy) is 1. The third kappa shape index (κ3) is 6.78. The standard InChI is InChI=1S/C15H24N2O2.ClH/c1-11-5-7-14(8-6-11)19-10-4-9-17-15(18)12(2)13(3)16;/h5-8,12-13H,4,9-10,16H2,1-3H3,(H,17,18);1H. The second-order valence-electron chi connectivity index (χ2n) is 4.95. The lowest BCUT2D eigenvalue weighted by Crippen LogP contribution is -2.39. The molecule has 0 saturated heterocycles. The number of benzene rings is 1. The van der Waals surface area contributed by atoms with Crippen molar-refractivity contribution in [3.63, 3.8) is 0 Å². The van der Waals surface area contributed by atoms with Gasteiger partial charge in [0.15, 0.2) is 0 Å². The largest absolute Gasteiger partial charge is 0.494 e. The lowest BCUT2D eigenvalue weighted by Gasteiger charge is -2.15. The highest BCUT2D eigenvalue weighted by molar-refractivity contribution is 5.85. The van der Waals surface area contributed by atoms with Crippen molar-refractivity contribution in [2.24, 2.45) is 11.7 Å². The number of aryl methyl sites for hydroxylation is 1. The number of hydrogen-bond acceptors (Lipinski definition) is 3. The lowest BCUT2D eigenvalue weighted by atomic mass is 10.0. The Morgan fingerprint density at radius 2 is 1.90 bits per heavy atom. The molecular weight excluding hydrogens is 276 g/mol. The lowest BCUT2D eigenvalue weighted by molar-refractivity contribution is -0.124. The minimum atomic E-state index is -0.155. The molecule has 2 atom stereocenters. The number of carbonyl (C=O) groups excluding carboxylic acids is 1. The van der Waals surface area contributed by atoms with Gasteiger partial charge in [-0.05, 0) is 32.4 Å². The Bertz CT molecular complexity index is 393. The summed E-state index contributed by atoms with van der Waals surface area (Å²) in [5, 5.41) is 2.86. The summed E-state index contributed by atoms with van der Waals surface area (Å²) in [4.78, 5) is 11.6. The fraction of sp³-hybridized carbons (Fsp3) is 0.533. The summed E-state index contributed by atoms with van der Waals surface area (Å²) in [5.41, 5.74) is 6.88. The number of amides is 1. The summed E-state index contributed by atoms with van der Waals surface area (Å²) in [5.74, 6) is 0.712. The highest BCUT2D eigenvalue weighted by Crippen LogP contribution is 2.11. The molecule has 20 heavy (non-hydrogen) atoms. The number of nitrogens with two attached hydrogens (primary N) is 1. The van der Waals surface area contributed by atoms with Crippen LogP contribution in [0.3, 0.4) is 0 Å². The third-order valence-corrected chi connectivity index (χ3v) is 3.11. The Labute approximate surface area is 127 Å². The normalized spacial score (nSPS) is 13.0. The van der Waals surface area contributed by atoms with Crippen LogP contribution in [-0.2, 0) is 4.79 Å². The summed E-state index contributed by atoms with van der Waals surface area (Å²) < 4.78 is 5.57. The molecule has 2 unspecified atom stereocenters. The minimum absolute atomic E-state index is 0. The highest BCUT2D eigenvalue weighted by atomic mass is 35.5. The molecule has 0 bridgehead atoms. The first-order valence-electron chi connectivity index (χ1n) is 6.73. The van der Waals surface area contributed by atoms with E-state index in [1.807, 2.05) is 45.0 Å². The van der Waals surface area contributed by atoms with Crippen LogP contribution < -0.4 is 15.8 Å². The van der Waals surface area contributed by atoms with Gasteiger partial charge in [0.25, 0.3) is 0 Å². The summed E-state index contributed by atoms with van der Waals surface area (Å²) in [6.07, 6.45) is 0.783. The average Bonchev–Trinajstić information content (AvgIpc) is 2.39. The van der Waals surface area contributed by atoms with Crippen molar-refractivity contribution < 1.29 is 9.53 Å². The van der Waals surface area contributed by atoms with E-state index in [9.17, 15) is 4.79 Å². The van der Waals surface area contributed by atoms with Gasteiger partial charge in [0.05, 0.1) is 6.61 Å². The molecule has 0 fully saturated rings. The summed E-state index contributed by atoms with van der Waals surface area (Å²) in [7, 11) is 0. The molecule has 4 nitrogen and oxygen atoms in total. The van der Waals surface area contributed by atoms with Gasteiger partial charge in [-0.15, -0.1) is 12.4 Å². The molecule has 5 heteroatoms. The molecule has 3 N–H and O–H groups in total. The third-order valence-electron chi connectivity index (χ3n) is 3.11. The van der Waals surface area contributed by atoms with Crippen molar-refractivity contribution in [2.75, 3.05) is 13.2 Å². The van der Waals surface area contributed by atoms with Gasteiger partial charge >= 0.3 is 0 Å². The molecule has 1 amide bonds. The van der Waals surface area contributed by atoms with Crippen molar-refractivity contribution in [1.82, 2.24) is 5.32 Å². The second kappa shape index (κ2) is 9.61. The molecule has 0 spiro atoms. The zero-order valence-corrected chi connectivity index (χ0v) is 13.2. The van der Waals surface area contributed by atoms with Gasteiger partial charge in [-0.2, -0.15) is 0 Å². The van der Waals surface area contributed by atoms with Crippen LogP contribution in [-0.4, -0.2) is 25.1 Å². The molecule has 0 saturated carbocycles. The molecule has 0 radical (unpaired) electrons. The molecule has 1 aromatic carbocycles. The van der Waals surface area contributed by atoms with E-state index in [0.29, 0.717) is 13.2 Å². The van der Waals surface area contributed by atoms with Gasteiger partial charge in [-0.3, -0.25) is 4.79 Å². The molecule has 0 aromatic heterocycles. The maximum Gasteiger partial charge on any atom is 0.224 e. The van der Waals surface area contributed by atoms with Crippen LogP contribution in [0.1, 0.15) is 25.8 Å². The van der Waals surface area contributed by atoms with E-state index in [1.54, 1.807) is 0 Å². The number of halogens is 1. The van der Waals surface area contributed by atoms with Crippen LogP contribution in [0.5, 0.6) is 5.75 Å². The van der Waals surface area contributed by atoms with Crippen molar-refractivity contribution in [2.45, 2.75) is 33.2 Å². The van der Waals surface area contributed by atoms with Crippen LogP contribution in [0.4, 0.5) is 0 Å². The van der Waals surface area contributed by atoms with E-state index in [-0.39, 0.29) is 30.3 Å². The van der Waals surface area contributed by atoms with Crippen LogP contribution in [0.25, 0.3) is 0 Å². The van der Waals surface area contributed by atoms with Crippen molar-refractivity contribution in [1.29, 1.82) is 0 Å². The fourth-order valence-corrected chi connectivity index (χ4v) is 1.51. The average molecular weight is 301 g/mol. The Kier molecular flexibility index (Phi) is 9.01. The number of hydrogen-bond donors (Lipinski definition) is 2. The number of rotatable bonds is 7. The van der Waals surface area contributed by atoms with Crippen molar-refractivity contribution in [3.05, 3.63) is 29.8 Å². The predicted octanol–water partition coefficient (Wildman–Crippen LogP) is 2.29. The van der Waals surface area contributed by atoms with E-state index in [0.717, 1.165) is 12.2 Å². The van der Waals surface area contributed by atoms with E-state index in [4.69, 9.17) is 10.5 Å². The molecule has 0 aliphatic heterocycles. The quantitative estimate of drug-likeness (QED) is 0.759. The van der Waals surface area contributed by atoms with Gasteiger partial charge in [0, 0.05) is 18.5 Å². The highest BCUT2D eigenvalue weighted by Gasteiger charge is 2.15. The van der Waals surface area contributed by atoms with E-state index in [1.165, 1.54) is 5.56 Å². The van der Waals surface area contributed by atoms with Gasteiger partial charge in [-0.1, -0.05) is 24.6 Å². The van der Waals surface area contributed by atoms with Crippen molar-refractivity contribution in [3.8, 4) is 5.75 Å². The molecule has 1 aromatic rings. The predicted molar refractivity (Wildman–Crippen MR) is 84.4 cm³/mol. The zero-order chi connectivity index (χ0) is 14.3. The monoisotopic (exact) mass is 300 g/mol. The van der Waals surface area contributed by atoms with Gasteiger partial charge in [0.2, 0.25) is 5.91 Å². The first-order chi connectivity index (χ1) is 9.00. The Morgan fingerprint density at radius 3 is 2.45 bits per heavy atom. The second-order valence-corrected chi connectivity index (χ2v) is 4.95. The SMILES string of the molecule is Cc1ccc(OCCCNC(=O)C(C)C(C)N)cc1.Cl. The number of nitrogens with one attached hydrogen (secondary N) is 1. The van der Waals surface area contributed by atoms with Crippen LogP contribution in [0, 0.1) is 12.8 Å². The summed E-state index contributed by atoms with van der Waals surface area (Å²) in [6, 6.07) is 7.81. The fourth-order valence-electron chi connectivity index (χ4n) is 1.51. The summed E-state index contributed by atoms with van der Waals surface area (Å²) in [6.45, 7) is 6.92. The maximum absolute atomic E-state index is 11.6. The topological polar surface area (TPSA) is 64.3 Å². The van der Waals surface area contributed by atoms with Crippen molar-refractivity contribution >= 4 is 18.3 Å². The first-order valence-corrected chi connectivity index (χ1v) is 6.73. The maximum atomic E-state index is 11.6. The smallest absolute Gasteiger partial charge is 0.224 e. The molecular formula is C15H25ClN2O2. The van der Waals surface area contributed by atoms with Gasteiger partial charge in [-0.25, -0.2) is 0 Å².